The molecular formula is C8H11NO2S. The molecule has 1 unspecified atom stereocenters. The summed E-state index contributed by atoms with van der Waals surface area (Å²) in [6.45, 7) is 1.70. The lowest BCUT2D eigenvalue weighted by Gasteiger charge is -2.03. The van der Waals surface area contributed by atoms with Crippen molar-refractivity contribution in [3.05, 3.63) is 18.3 Å². The van der Waals surface area contributed by atoms with Gasteiger partial charge in [-0.05, 0) is 19.1 Å². The van der Waals surface area contributed by atoms with E-state index in [2.05, 4.69) is 4.98 Å². The number of nitrogens with zero attached hydrogens (tertiary/aromatic N) is 1. The molecule has 1 atom stereocenters. The molecule has 0 fully saturated rings. The predicted molar refractivity (Wildman–Crippen MR) is 48.3 cm³/mol. The highest BCUT2D eigenvalue weighted by molar-refractivity contribution is 7.99. The number of aliphatic hydroxyl groups is 1. The van der Waals surface area contributed by atoms with Crippen molar-refractivity contribution in [2.24, 2.45) is 0 Å². The van der Waals surface area contributed by atoms with Gasteiger partial charge >= 0.3 is 0 Å². The minimum absolute atomic E-state index is 0.170. The van der Waals surface area contributed by atoms with Crippen LogP contribution in [0.15, 0.2) is 23.4 Å². The fraction of sp³-hybridized carbons (Fsp3) is 0.375. The number of thioether (sulfide) groups is 1. The van der Waals surface area contributed by atoms with Crippen molar-refractivity contribution >= 4 is 11.8 Å². The van der Waals surface area contributed by atoms with Crippen LogP contribution in [0.1, 0.15) is 6.92 Å². The predicted octanol–water partition coefficient (Wildman–Crippen LogP) is 1.26. The minimum Gasteiger partial charge on any atom is -0.505 e. The summed E-state index contributed by atoms with van der Waals surface area (Å²) in [7, 11) is 0. The summed E-state index contributed by atoms with van der Waals surface area (Å²) in [6.07, 6.45) is 1.24. The fourth-order valence-corrected chi connectivity index (χ4v) is 1.44. The van der Waals surface area contributed by atoms with E-state index in [1.54, 1.807) is 25.3 Å². The first kappa shape index (κ1) is 9.35. The smallest absolute Gasteiger partial charge is 0.147 e. The summed E-state index contributed by atoms with van der Waals surface area (Å²) in [6, 6.07) is 3.25. The molecule has 0 aliphatic rings. The molecule has 1 rings (SSSR count). The number of hydrogen-bond acceptors (Lipinski definition) is 4. The van der Waals surface area contributed by atoms with E-state index in [9.17, 15) is 5.11 Å². The van der Waals surface area contributed by atoms with Crippen LogP contribution in [0.2, 0.25) is 0 Å². The Balaban J connectivity index is 2.57. The van der Waals surface area contributed by atoms with E-state index < -0.39 is 0 Å². The van der Waals surface area contributed by atoms with Crippen LogP contribution in [0.4, 0.5) is 0 Å². The summed E-state index contributed by atoms with van der Waals surface area (Å²) >= 11 is 1.34. The van der Waals surface area contributed by atoms with Crippen molar-refractivity contribution in [1.29, 1.82) is 0 Å². The van der Waals surface area contributed by atoms with Gasteiger partial charge in [-0.2, -0.15) is 0 Å². The van der Waals surface area contributed by atoms with Gasteiger partial charge in [0.1, 0.15) is 10.8 Å². The number of pyridine rings is 1. The first-order chi connectivity index (χ1) is 5.70. The Kier molecular flexibility index (Phi) is 3.37. The van der Waals surface area contributed by atoms with E-state index in [-0.39, 0.29) is 11.9 Å². The normalized spacial score (nSPS) is 12.8. The molecule has 1 aromatic rings. The van der Waals surface area contributed by atoms with Gasteiger partial charge in [-0.25, -0.2) is 4.98 Å². The molecule has 0 aromatic carbocycles. The SMILES string of the molecule is CC(O)CSc1ncccc1O. The average molecular weight is 185 g/mol. The number of hydrogen-bond donors (Lipinski definition) is 2. The maximum atomic E-state index is 9.26. The third-order valence-corrected chi connectivity index (χ3v) is 2.45. The molecule has 0 aliphatic heterocycles. The molecule has 12 heavy (non-hydrogen) atoms. The standard InChI is InChI=1S/C8H11NO2S/c1-6(10)5-12-8-7(11)3-2-4-9-8/h2-4,6,10-11H,5H2,1H3. The van der Waals surface area contributed by atoms with Gasteiger partial charge in [0.05, 0.1) is 6.10 Å². The van der Waals surface area contributed by atoms with E-state index in [1.165, 1.54) is 11.8 Å². The molecule has 66 valence electrons. The van der Waals surface area contributed by atoms with Crippen LogP contribution in [0.25, 0.3) is 0 Å². The van der Waals surface area contributed by atoms with Gasteiger partial charge < -0.3 is 10.2 Å². The Labute approximate surface area is 75.5 Å². The second kappa shape index (κ2) is 4.33. The molecule has 0 saturated heterocycles. The Morgan fingerprint density at radius 3 is 3.00 bits per heavy atom. The summed E-state index contributed by atoms with van der Waals surface area (Å²) in [5.74, 6) is 0.716. The van der Waals surface area contributed by atoms with Crippen molar-refractivity contribution in [2.45, 2.75) is 18.1 Å². The Bertz CT molecular complexity index is 253. The maximum Gasteiger partial charge on any atom is 0.147 e. The molecule has 0 spiro atoms. The number of aliphatic hydroxyl groups excluding tert-OH is 1. The molecule has 1 heterocycles. The first-order valence-electron chi connectivity index (χ1n) is 3.65. The fourth-order valence-electron chi connectivity index (χ4n) is 0.693. The average Bonchev–Trinajstić information content (AvgIpc) is 2.03. The third-order valence-electron chi connectivity index (χ3n) is 1.21. The van der Waals surface area contributed by atoms with E-state index in [1.807, 2.05) is 0 Å². The Morgan fingerprint density at radius 2 is 2.42 bits per heavy atom. The second-order valence-corrected chi connectivity index (χ2v) is 3.50. The lowest BCUT2D eigenvalue weighted by molar-refractivity contribution is 0.220. The zero-order valence-corrected chi connectivity index (χ0v) is 7.58. The van der Waals surface area contributed by atoms with Crippen molar-refractivity contribution in [3.63, 3.8) is 0 Å². The van der Waals surface area contributed by atoms with Gasteiger partial charge in [-0.15, -0.1) is 11.8 Å². The zero-order valence-electron chi connectivity index (χ0n) is 6.77. The van der Waals surface area contributed by atoms with Crippen LogP contribution in [0.5, 0.6) is 5.75 Å². The first-order valence-corrected chi connectivity index (χ1v) is 4.63. The van der Waals surface area contributed by atoms with Crippen LogP contribution in [0, 0.1) is 0 Å². The van der Waals surface area contributed by atoms with Gasteiger partial charge in [-0.1, -0.05) is 0 Å². The molecule has 2 N–H and O–H groups in total. The molecule has 1 aromatic heterocycles. The molecule has 0 radical (unpaired) electrons. The largest absolute Gasteiger partial charge is 0.505 e. The van der Waals surface area contributed by atoms with E-state index in [0.717, 1.165) is 0 Å². The van der Waals surface area contributed by atoms with Gasteiger partial charge in [-0.3, -0.25) is 0 Å². The van der Waals surface area contributed by atoms with E-state index in [0.29, 0.717) is 10.8 Å². The number of aromatic nitrogens is 1. The summed E-state index contributed by atoms with van der Waals surface area (Å²) in [5, 5.41) is 18.8. The van der Waals surface area contributed by atoms with E-state index in [4.69, 9.17) is 5.11 Å². The third kappa shape index (κ3) is 2.71. The highest BCUT2D eigenvalue weighted by atomic mass is 32.2. The molecule has 0 saturated carbocycles. The lowest BCUT2D eigenvalue weighted by Crippen LogP contribution is -2.02. The zero-order chi connectivity index (χ0) is 8.97. The minimum atomic E-state index is -0.378. The molecule has 3 nitrogen and oxygen atoms in total. The van der Waals surface area contributed by atoms with Crippen molar-refractivity contribution < 1.29 is 10.2 Å². The summed E-state index contributed by atoms with van der Waals surface area (Å²) in [5.41, 5.74) is 0. The van der Waals surface area contributed by atoms with Crippen molar-refractivity contribution in [3.8, 4) is 5.75 Å². The highest BCUT2D eigenvalue weighted by Gasteiger charge is 2.03. The summed E-state index contributed by atoms with van der Waals surface area (Å²) in [4.78, 5) is 3.95. The van der Waals surface area contributed by atoms with Gasteiger partial charge in [0, 0.05) is 11.9 Å². The van der Waals surface area contributed by atoms with Gasteiger partial charge in [0.15, 0.2) is 0 Å². The lowest BCUT2D eigenvalue weighted by atomic mass is 10.5. The maximum absolute atomic E-state index is 9.26. The molecule has 0 amide bonds. The summed E-state index contributed by atoms with van der Waals surface area (Å²) < 4.78 is 0. The monoisotopic (exact) mass is 185 g/mol. The van der Waals surface area contributed by atoms with Crippen LogP contribution in [-0.4, -0.2) is 27.1 Å². The van der Waals surface area contributed by atoms with Crippen LogP contribution < -0.4 is 0 Å². The van der Waals surface area contributed by atoms with Crippen LogP contribution in [-0.2, 0) is 0 Å². The number of aromatic hydroxyl groups is 1. The number of rotatable bonds is 3. The Hall–Kier alpha value is -0.740. The van der Waals surface area contributed by atoms with Crippen LogP contribution >= 0.6 is 11.8 Å². The van der Waals surface area contributed by atoms with Crippen LogP contribution in [0.3, 0.4) is 0 Å². The van der Waals surface area contributed by atoms with Crippen molar-refractivity contribution in [1.82, 2.24) is 4.98 Å². The van der Waals surface area contributed by atoms with Crippen molar-refractivity contribution in [2.75, 3.05) is 5.75 Å². The highest BCUT2D eigenvalue weighted by Crippen LogP contribution is 2.25. The molecular weight excluding hydrogens is 174 g/mol. The second-order valence-electron chi connectivity index (χ2n) is 2.49. The topological polar surface area (TPSA) is 53.4 Å². The van der Waals surface area contributed by atoms with Gasteiger partial charge in [0.25, 0.3) is 0 Å². The molecule has 0 aliphatic carbocycles. The van der Waals surface area contributed by atoms with E-state index >= 15 is 0 Å². The molecule has 0 bridgehead atoms. The quantitative estimate of drug-likeness (QED) is 0.696. The molecule has 4 heteroatoms. The van der Waals surface area contributed by atoms with Gasteiger partial charge in [0.2, 0.25) is 0 Å². The Morgan fingerprint density at radius 1 is 1.67 bits per heavy atom.